The highest BCUT2D eigenvalue weighted by atomic mass is 15.2. The molecule has 0 bridgehead atoms. The summed E-state index contributed by atoms with van der Waals surface area (Å²) < 4.78 is 2.49. The molecule has 0 N–H and O–H groups in total. The number of hydrogen-bond donors (Lipinski definition) is 0. The first-order chi connectivity index (χ1) is 25.8. The molecule has 52 heavy (non-hydrogen) atoms. The lowest BCUT2D eigenvalue weighted by Crippen LogP contribution is -2.66. The molecule has 3 aliphatic heterocycles. The number of nitrogens with zero attached hydrogens (tertiary/aromatic N) is 5. The summed E-state index contributed by atoms with van der Waals surface area (Å²) >= 11 is 0. The lowest BCUT2D eigenvalue weighted by molar-refractivity contribution is 0.948. The van der Waals surface area contributed by atoms with Gasteiger partial charge >= 0.3 is 13.8 Å². The van der Waals surface area contributed by atoms with E-state index < -0.39 is 0 Å². The summed E-state index contributed by atoms with van der Waals surface area (Å²) in [6.07, 6.45) is 6.79. The first-order valence-corrected chi connectivity index (χ1v) is 17.7. The molecule has 7 heteroatoms. The molecule has 0 amide bonds. The highest BCUT2D eigenvalue weighted by Gasteiger charge is 2.44. The third kappa shape index (κ3) is 5.17. The summed E-state index contributed by atoms with van der Waals surface area (Å²) in [6.45, 7) is 0.131. The molecule has 3 aliphatic rings. The van der Waals surface area contributed by atoms with Crippen molar-refractivity contribution < 1.29 is 0 Å². The monoisotopic (exact) mass is 663 g/mol. The van der Waals surface area contributed by atoms with Gasteiger partial charge in [-0.05, 0) is 51.4 Å². The van der Waals surface area contributed by atoms with Crippen molar-refractivity contribution in [2.75, 3.05) is 4.81 Å². The Kier molecular flexibility index (Phi) is 7.28. The van der Waals surface area contributed by atoms with Gasteiger partial charge in [-0.15, -0.1) is 0 Å². The summed E-state index contributed by atoms with van der Waals surface area (Å²) in [5.41, 5.74) is 9.85. The number of aromatic nitrogens is 3. The van der Waals surface area contributed by atoms with Crippen molar-refractivity contribution in [3.8, 4) is 45.3 Å². The Labute approximate surface area is 303 Å². The predicted octanol–water partition coefficient (Wildman–Crippen LogP) is 7.27. The molecule has 1 aromatic heterocycles. The van der Waals surface area contributed by atoms with E-state index >= 15 is 0 Å². The van der Waals surface area contributed by atoms with Crippen LogP contribution in [0.4, 0.5) is 5.69 Å². The lowest BCUT2D eigenvalue weighted by Gasteiger charge is -2.48. The molecule has 0 unspecified atom stereocenters. The molecule has 10 rings (SSSR count). The zero-order valence-electron chi connectivity index (χ0n) is 28.3. The molecular formula is C45H31B2N5. The molecule has 0 spiro atoms. The Morgan fingerprint density at radius 2 is 1.06 bits per heavy atom. The number of para-hydroxylation sites is 1. The summed E-state index contributed by atoms with van der Waals surface area (Å²) in [7, 11) is 0. The molecule has 0 atom stereocenters. The van der Waals surface area contributed by atoms with Crippen molar-refractivity contribution in [2.24, 2.45) is 0 Å². The largest absolute Gasteiger partial charge is 0.436 e. The van der Waals surface area contributed by atoms with Gasteiger partial charge in [0, 0.05) is 33.6 Å². The maximum atomic E-state index is 5.06. The van der Waals surface area contributed by atoms with Gasteiger partial charge in [0.05, 0.1) is 0 Å². The SMILES string of the molecule is C1=CB2N3C=c4ccccc4=CB3c3ccccc3N2C(c2ccc(-c3nc(-c4ccccc4)nc(-c4ccccc4)n3)cc2-c2ccccc2)=C1. The van der Waals surface area contributed by atoms with Crippen LogP contribution in [0.1, 0.15) is 5.56 Å². The Balaban J connectivity index is 1.14. The number of benzene rings is 6. The highest BCUT2D eigenvalue weighted by Crippen LogP contribution is 2.40. The van der Waals surface area contributed by atoms with Crippen LogP contribution in [0.3, 0.4) is 0 Å². The number of allylic oxidation sites excluding steroid dienone is 2. The molecule has 242 valence electrons. The molecule has 0 saturated carbocycles. The molecule has 6 aromatic carbocycles. The van der Waals surface area contributed by atoms with Crippen LogP contribution in [-0.4, -0.2) is 33.5 Å². The van der Waals surface area contributed by atoms with Crippen LogP contribution in [-0.2, 0) is 0 Å². The van der Waals surface area contributed by atoms with Crippen molar-refractivity contribution >= 4 is 42.9 Å². The summed E-state index contributed by atoms with van der Waals surface area (Å²) in [6, 6.07) is 55.0. The minimum atomic E-state index is -0.00167. The van der Waals surface area contributed by atoms with Gasteiger partial charge in [0.1, 0.15) is 0 Å². The topological polar surface area (TPSA) is 45.2 Å². The van der Waals surface area contributed by atoms with Crippen molar-refractivity contribution in [3.05, 3.63) is 192 Å². The van der Waals surface area contributed by atoms with Crippen molar-refractivity contribution in [1.82, 2.24) is 19.7 Å². The van der Waals surface area contributed by atoms with E-state index in [-0.39, 0.29) is 13.8 Å². The average molecular weight is 663 g/mol. The minimum absolute atomic E-state index is 0.00167. The molecule has 0 radical (unpaired) electrons. The van der Waals surface area contributed by atoms with Gasteiger partial charge in [-0.2, -0.15) is 0 Å². The second-order valence-corrected chi connectivity index (χ2v) is 13.3. The summed E-state index contributed by atoms with van der Waals surface area (Å²) in [4.78, 5) is 17.5. The molecule has 0 saturated heterocycles. The molecule has 0 aliphatic carbocycles. The number of anilines is 1. The fourth-order valence-electron chi connectivity index (χ4n) is 7.71. The summed E-state index contributed by atoms with van der Waals surface area (Å²) in [5.74, 6) is 6.64. The van der Waals surface area contributed by atoms with Crippen LogP contribution >= 0.6 is 0 Å². The van der Waals surface area contributed by atoms with Gasteiger partial charge in [-0.1, -0.05) is 164 Å². The van der Waals surface area contributed by atoms with Crippen molar-refractivity contribution in [1.29, 1.82) is 0 Å². The van der Waals surface area contributed by atoms with E-state index in [4.69, 9.17) is 15.0 Å². The number of rotatable bonds is 5. The highest BCUT2D eigenvalue weighted by molar-refractivity contribution is 6.96. The normalized spacial score (nSPS) is 14.0. The van der Waals surface area contributed by atoms with Crippen LogP contribution < -0.4 is 20.7 Å². The maximum absolute atomic E-state index is 5.06. The van der Waals surface area contributed by atoms with Gasteiger partial charge in [0.25, 0.3) is 0 Å². The van der Waals surface area contributed by atoms with Crippen molar-refractivity contribution in [2.45, 2.75) is 0 Å². The smallest absolute Gasteiger partial charge is 0.395 e. The Bertz CT molecular complexity index is 2600. The van der Waals surface area contributed by atoms with Gasteiger partial charge in [0.2, 0.25) is 0 Å². The Morgan fingerprint density at radius 3 is 1.75 bits per heavy atom. The minimum Gasteiger partial charge on any atom is -0.436 e. The zero-order chi connectivity index (χ0) is 34.4. The third-order valence-corrected chi connectivity index (χ3v) is 10.2. The molecule has 5 nitrogen and oxygen atoms in total. The number of hydrogen-bond acceptors (Lipinski definition) is 5. The van der Waals surface area contributed by atoms with E-state index in [1.54, 1.807) is 0 Å². The van der Waals surface area contributed by atoms with Crippen LogP contribution in [0.25, 0.3) is 63.2 Å². The quantitative estimate of drug-likeness (QED) is 0.182. The first-order valence-electron chi connectivity index (χ1n) is 17.7. The average Bonchev–Trinajstić information content (AvgIpc) is 3.23. The van der Waals surface area contributed by atoms with Gasteiger partial charge in [-0.3, -0.25) is 0 Å². The fourth-order valence-corrected chi connectivity index (χ4v) is 7.71. The third-order valence-electron chi connectivity index (χ3n) is 10.2. The molecule has 0 fully saturated rings. The van der Waals surface area contributed by atoms with Crippen LogP contribution in [0.5, 0.6) is 0 Å². The zero-order valence-corrected chi connectivity index (χ0v) is 28.3. The van der Waals surface area contributed by atoms with E-state index in [2.05, 4.69) is 137 Å². The Hall–Kier alpha value is -6.72. The van der Waals surface area contributed by atoms with Gasteiger partial charge < -0.3 is 9.53 Å². The van der Waals surface area contributed by atoms with Gasteiger partial charge in [0.15, 0.2) is 17.5 Å². The maximum Gasteiger partial charge on any atom is 0.395 e. The number of fused-ring (bicyclic) bond motifs is 7. The van der Waals surface area contributed by atoms with E-state index in [0.717, 1.165) is 39.1 Å². The van der Waals surface area contributed by atoms with E-state index in [9.17, 15) is 0 Å². The van der Waals surface area contributed by atoms with E-state index in [0.29, 0.717) is 17.5 Å². The first kappa shape index (κ1) is 30.1. The molecule has 7 aromatic rings. The molecular weight excluding hydrogens is 632 g/mol. The van der Waals surface area contributed by atoms with Crippen molar-refractivity contribution in [3.63, 3.8) is 0 Å². The Morgan fingerprint density at radius 1 is 0.481 bits per heavy atom. The van der Waals surface area contributed by atoms with E-state index in [1.165, 1.54) is 21.6 Å². The second-order valence-electron chi connectivity index (χ2n) is 13.3. The predicted molar refractivity (Wildman–Crippen MR) is 215 cm³/mol. The van der Waals surface area contributed by atoms with Gasteiger partial charge in [-0.25, -0.2) is 15.0 Å². The molecule has 4 heterocycles. The summed E-state index contributed by atoms with van der Waals surface area (Å²) in [5, 5.41) is 2.51. The second kappa shape index (κ2) is 12.6. The fraction of sp³-hybridized carbons (Fsp3) is 0. The van der Waals surface area contributed by atoms with Crippen LogP contribution in [0.15, 0.2) is 176 Å². The van der Waals surface area contributed by atoms with Crippen LogP contribution in [0.2, 0.25) is 0 Å². The van der Waals surface area contributed by atoms with E-state index in [1.807, 2.05) is 60.7 Å². The standard InChI is InChI=1S/C45H31B2N5/c1-4-15-32(16-5-1)39-29-35(45-49-43(33-17-6-2-7-18-33)48-44(50-45)34-19-8-3-9-20-34)26-27-38(39)41-25-14-28-47-51-31-37-22-11-10-21-36(37)30-46(51)40-23-12-13-24-42(40)52(41)47/h1-31H. The van der Waals surface area contributed by atoms with Crippen LogP contribution in [0, 0.1) is 0 Å². The lowest BCUT2D eigenvalue weighted by atomic mass is 9.42.